The van der Waals surface area contributed by atoms with Crippen LogP contribution in [0.2, 0.25) is 0 Å². The van der Waals surface area contributed by atoms with Crippen molar-refractivity contribution in [1.82, 2.24) is 14.6 Å². The Bertz CT molecular complexity index is 1220. The van der Waals surface area contributed by atoms with Crippen LogP contribution in [0.4, 0.5) is 0 Å². The Morgan fingerprint density at radius 2 is 1.88 bits per heavy atom. The molecule has 0 spiro atoms. The number of carbonyl (C=O) groups excluding carboxylic acids is 1. The van der Waals surface area contributed by atoms with Crippen LogP contribution in [0.1, 0.15) is 29.8 Å². The van der Waals surface area contributed by atoms with Gasteiger partial charge in [-0.3, -0.25) is 4.79 Å². The second-order valence-corrected chi connectivity index (χ2v) is 10.8. The third-order valence-corrected chi connectivity index (χ3v) is 8.71. The molecule has 1 aromatic heterocycles. The third kappa shape index (κ3) is 4.83. The van der Waals surface area contributed by atoms with E-state index >= 15 is 0 Å². The van der Waals surface area contributed by atoms with Crippen LogP contribution in [0.25, 0.3) is 10.2 Å². The van der Waals surface area contributed by atoms with Gasteiger partial charge in [0.25, 0.3) is 0 Å². The number of nitrogens with zero attached hydrogens (tertiary/aromatic N) is 3. The monoisotopic (exact) mass is 468 g/mol. The van der Waals surface area contributed by atoms with E-state index in [1.54, 1.807) is 23.5 Å². The molecule has 9 heteroatoms. The Balaban J connectivity index is 1.25. The van der Waals surface area contributed by atoms with Gasteiger partial charge in [-0.15, -0.1) is 11.3 Å². The Hall–Kier alpha value is -2.80. The molecule has 2 aromatic carbocycles. The summed E-state index contributed by atoms with van der Waals surface area (Å²) in [4.78, 5) is 17.2. The van der Waals surface area contributed by atoms with Crippen LogP contribution >= 0.6 is 11.3 Å². The first kappa shape index (κ1) is 22.4. The second kappa shape index (κ2) is 9.77. The number of fused-ring (bicyclic) bond motifs is 1. The minimum Gasteiger partial charge on any atom is -0.356 e. The Labute approximate surface area is 191 Å². The highest BCUT2D eigenvalue weighted by Gasteiger charge is 2.33. The normalized spacial score (nSPS) is 15.5. The lowest BCUT2D eigenvalue weighted by molar-refractivity contribution is -0.126. The van der Waals surface area contributed by atoms with Crippen LogP contribution in [-0.4, -0.2) is 43.2 Å². The van der Waals surface area contributed by atoms with Crippen molar-refractivity contribution in [3.8, 4) is 6.07 Å². The number of benzene rings is 2. The minimum absolute atomic E-state index is 0.0243. The van der Waals surface area contributed by atoms with Gasteiger partial charge in [-0.2, -0.15) is 9.57 Å². The zero-order valence-corrected chi connectivity index (χ0v) is 19.2. The minimum atomic E-state index is -3.74. The molecule has 0 aliphatic carbocycles. The van der Waals surface area contributed by atoms with E-state index in [0.717, 1.165) is 23.4 Å². The first-order valence-electron chi connectivity index (χ1n) is 10.6. The summed E-state index contributed by atoms with van der Waals surface area (Å²) in [6.07, 6.45) is 2.56. The van der Waals surface area contributed by atoms with Gasteiger partial charge in [-0.05, 0) is 43.5 Å². The number of piperidine rings is 1. The van der Waals surface area contributed by atoms with Crippen molar-refractivity contribution >= 4 is 37.5 Å². The predicted octanol–water partition coefficient (Wildman–Crippen LogP) is 3.32. The third-order valence-electron chi connectivity index (χ3n) is 5.65. The van der Waals surface area contributed by atoms with Gasteiger partial charge in [0.15, 0.2) is 0 Å². The average molecular weight is 469 g/mol. The van der Waals surface area contributed by atoms with Gasteiger partial charge in [-0.1, -0.05) is 24.3 Å². The molecule has 0 unspecified atom stereocenters. The van der Waals surface area contributed by atoms with E-state index in [-0.39, 0.29) is 35.4 Å². The zero-order chi connectivity index (χ0) is 22.6. The standard InChI is InChI=1S/C23H24N4O3S2/c24-16-18-6-1-4-9-21(18)32(29,30)27-14-11-17(12-15-27)23(28)25-13-5-10-22-26-19-7-2-3-8-20(19)31-22/h1-4,6-9,17H,5,10-15H2,(H,25,28). The van der Waals surface area contributed by atoms with Crippen molar-refractivity contribution < 1.29 is 13.2 Å². The number of hydrogen-bond donors (Lipinski definition) is 1. The highest BCUT2D eigenvalue weighted by Crippen LogP contribution is 2.26. The molecule has 1 aliphatic rings. The number of rotatable bonds is 7. The topological polar surface area (TPSA) is 103 Å². The van der Waals surface area contributed by atoms with Crippen LogP contribution in [0.15, 0.2) is 53.4 Å². The largest absolute Gasteiger partial charge is 0.356 e. The number of carbonyl (C=O) groups is 1. The summed E-state index contributed by atoms with van der Waals surface area (Å²) in [7, 11) is -3.74. The van der Waals surface area contributed by atoms with Crippen molar-refractivity contribution in [2.75, 3.05) is 19.6 Å². The number of aromatic nitrogens is 1. The number of hydrogen-bond acceptors (Lipinski definition) is 6. The molecule has 1 amide bonds. The number of amides is 1. The maximum Gasteiger partial charge on any atom is 0.244 e. The Morgan fingerprint density at radius 1 is 1.16 bits per heavy atom. The van der Waals surface area contributed by atoms with E-state index < -0.39 is 10.0 Å². The van der Waals surface area contributed by atoms with Crippen molar-refractivity contribution in [2.45, 2.75) is 30.6 Å². The van der Waals surface area contributed by atoms with Gasteiger partial charge >= 0.3 is 0 Å². The molecule has 0 bridgehead atoms. The summed E-state index contributed by atoms with van der Waals surface area (Å²) in [6, 6.07) is 16.2. The quantitative estimate of drug-likeness (QED) is 0.536. The summed E-state index contributed by atoms with van der Waals surface area (Å²) < 4.78 is 28.4. The number of para-hydroxylation sites is 1. The first-order valence-corrected chi connectivity index (χ1v) is 12.9. The maximum atomic E-state index is 12.9. The Kier molecular flexibility index (Phi) is 6.84. The van der Waals surface area contributed by atoms with E-state index in [1.165, 1.54) is 21.1 Å². The number of aryl methyl sites for hydroxylation is 1. The van der Waals surface area contributed by atoms with Gasteiger partial charge in [0, 0.05) is 32.0 Å². The molecule has 0 saturated carbocycles. The second-order valence-electron chi connectivity index (χ2n) is 7.76. The fourth-order valence-corrected chi connectivity index (χ4v) is 6.52. The van der Waals surface area contributed by atoms with Gasteiger partial charge in [0.2, 0.25) is 15.9 Å². The number of sulfonamides is 1. The fourth-order valence-electron chi connectivity index (χ4n) is 3.90. The summed E-state index contributed by atoms with van der Waals surface area (Å²) in [6.45, 7) is 1.11. The predicted molar refractivity (Wildman–Crippen MR) is 124 cm³/mol. The molecule has 2 heterocycles. The van der Waals surface area contributed by atoms with Gasteiger partial charge in [0.05, 0.1) is 25.7 Å². The summed E-state index contributed by atoms with van der Waals surface area (Å²) in [5.41, 5.74) is 1.15. The van der Waals surface area contributed by atoms with Crippen molar-refractivity contribution in [1.29, 1.82) is 5.26 Å². The summed E-state index contributed by atoms with van der Waals surface area (Å²) >= 11 is 1.68. The van der Waals surface area contributed by atoms with Crippen molar-refractivity contribution in [2.24, 2.45) is 5.92 Å². The van der Waals surface area contributed by atoms with E-state index in [1.807, 2.05) is 24.3 Å². The van der Waals surface area contributed by atoms with Crippen LogP contribution in [0.5, 0.6) is 0 Å². The molecule has 1 saturated heterocycles. The van der Waals surface area contributed by atoms with E-state index in [0.29, 0.717) is 19.4 Å². The van der Waals surface area contributed by atoms with E-state index in [4.69, 9.17) is 0 Å². The highest BCUT2D eigenvalue weighted by atomic mass is 32.2. The number of nitrogens with one attached hydrogen (secondary N) is 1. The summed E-state index contributed by atoms with van der Waals surface area (Å²) in [5.74, 6) is -0.223. The summed E-state index contributed by atoms with van der Waals surface area (Å²) in [5, 5.41) is 13.3. The highest BCUT2D eigenvalue weighted by molar-refractivity contribution is 7.89. The lowest BCUT2D eigenvalue weighted by atomic mass is 9.97. The van der Waals surface area contributed by atoms with Crippen molar-refractivity contribution in [3.63, 3.8) is 0 Å². The maximum absolute atomic E-state index is 12.9. The zero-order valence-electron chi connectivity index (χ0n) is 17.5. The SMILES string of the molecule is N#Cc1ccccc1S(=O)(=O)N1CCC(C(=O)NCCCc2nc3ccccc3s2)CC1. The molecule has 3 aromatic rings. The molecule has 0 radical (unpaired) electrons. The number of nitriles is 1. The Morgan fingerprint density at radius 3 is 2.62 bits per heavy atom. The first-order chi connectivity index (χ1) is 15.5. The molecule has 1 aliphatic heterocycles. The molecular weight excluding hydrogens is 444 g/mol. The molecule has 166 valence electrons. The van der Waals surface area contributed by atoms with Crippen molar-refractivity contribution in [3.05, 3.63) is 59.1 Å². The lowest BCUT2D eigenvalue weighted by Gasteiger charge is -2.30. The van der Waals surface area contributed by atoms with Crippen LogP contribution in [0, 0.1) is 17.2 Å². The van der Waals surface area contributed by atoms with Crippen LogP contribution in [0.3, 0.4) is 0 Å². The number of thiazole rings is 1. The van der Waals surface area contributed by atoms with Gasteiger partial charge < -0.3 is 5.32 Å². The molecule has 1 N–H and O–H groups in total. The molecule has 4 rings (SSSR count). The lowest BCUT2D eigenvalue weighted by Crippen LogP contribution is -2.43. The average Bonchev–Trinajstić information content (AvgIpc) is 3.24. The molecule has 0 atom stereocenters. The molecule has 32 heavy (non-hydrogen) atoms. The molecule has 1 fully saturated rings. The molecular formula is C23H24N4O3S2. The van der Waals surface area contributed by atoms with Crippen LogP contribution < -0.4 is 5.32 Å². The smallest absolute Gasteiger partial charge is 0.244 e. The van der Waals surface area contributed by atoms with Crippen LogP contribution in [-0.2, 0) is 21.2 Å². The fraction of sp³-hybridized carbons (Fsp3) is 0.348. The van der Waals surface area contributed by atoms with E-state index in [2.05, 4.69) is 16.4 Å². The van der Waals surface area contributed by atoms with E-state index in [9.17, 15) is 18.5 Å². The van der Waals surface area contributed by atoms with Gasteiger partial charge in [0.1, 0.15) is 6.07 Å². The molecule has 7 nitrogen and oxygen atoms in total. The van der Waals surface area contributed by atoms with Gasteiger partial charge in [-0.25, -0.2) is 13.4 Å².